The number of fused-ring (bicyclic) bond motifs is 2. The molecule has 4 rings (SSSR count). The van der Waals surface area contributed by atoms with Crippen LogP contribution >= 0.6 is 11.3 Å². The Kier molecular flexibility index (Phi) is 2.16. The van der Waals surface area contributed by atoms with Crippen molar-refractivity contribution in [1.29, 1.82) is 0 Å². The highest BCUT2D eigenvalue weighted by molar-refractivity contribution is 7.15. The number of methoxy groups -OCH3 is 1. The van der Waals surface area contributed by atoms with E-state index in [1.807, 2.05) is 42.2 Å². The summed E-state index contributed by atoms with van der Waals surface area (Å²) in [6, 6.07) is 6.04. The number of ether oxygens (including phenoxy) is 1. The molecule has 1 aromatic carbocycles. The Balaban J connectivity index is 2.02. The van der Waals surface area contributed by atoms with E-state index in [0.29, 0.717) is 0 Å². The van der Waals surface area contributed by atoms with Crippen LogP contribution in [0.3, 0.4) is 0 Å². The quantitative estimate of drug-likeness (QED) is 0.604. The van der Waals surface area contributed by atoms with Gasteiger partial charge in [-0.3, -0.25) is 4.40 Å². The first kappa shape index (κ1) is 10.6. The van der Waals surface area contributed by atoms with E-state index in [1.54, 1.807) is 18.4 Å². The lowest BCUT2D eigenvalue weighted by atomic mass is 10.1. The maximum atomic E-state index is 5.30. The van der Waals surface area contributed by atoms with Crippen LogP contribution in [0.5, 0.6) is 5.75 Å². The van der Waals surface area contributed by atoms with Crippen LogP contribution in [-0.2, 0) is 0 Å². The molecule has 5 heteroatoms. The average molecular weight is 269 g/mol. The molecule has 3 aromatic heterocycles. The highest BCUT2D eigenvalue weighted by Gasteiger charge is 2.12. The minimum Gasteiger partial charge on any atom is -0.497 e. The van der Waals surface area contributed by atoms with Gasteiger partial charge in [0.1, 0.15) is 5.75 Å². The molecular formula is C14H11N3OS. The topological polar surface area (TPSA) is 42.3 Å². The van der Waals surface area contributed by atoms with Gasteiger partial charge in [-0.1, -0.05) is 0 Å². The highest BCUT2D eigenvalue weighted by atomic mass is 32.1. The van der Waals surface area contributed by atoms with Crippen LogP contribution in [0.15, 0.2) is 42.2 Å². The Hall–Kier alpha value is -2.27. The van der Waals surface area contributed by atoms with Gasteiger partial charge in [-0.05, 0) is 18.2 Å². The van der Waals surface area contributed by atoms with Crippen molar-refractivity contribution in [3.8, 4) is 17.0 Å². The number of thiazole rings is 1. The first-order valence-corrected chi connectivity index (χ1v) is 6.81. The summed E-state index contributed by atoms with van der Waals surface area (Å²) in [6.45, 7) is 0. The van der Waals surface area contributed by atoms with E-state index < -0.39 is 0 Å². The maximum absolute atomic E-state index is 5.30. The number of aromatic amines is 1. The van der Waals surface area contributed by atoms with Gasteiger partial charge < -0.3 is 9.72 Å². The van der Waals surface area contributed by atoms with Crippen LogP contribution in [0.4, 0.5) is 0 Å². The molecular weight excluding hydrogens is 258 g/mol. The number of benzene rings is 1. The van der Waals surface area contributed by atoms with Crippen molar-refractivity contribution in [2.45, 2.75) is 0 Å². The van der Waals surface area contributed by atoms with Gasteiger partial charge in [-0.15, -0.1) is 11.3 Å². The summed E-state index contributed by atoms with van der Waals surface area (Å²) in [5.74, 6) is 0.861. The molecule has 4 aromatic rings. The Morgan fingerprint density at radius 1 is 1.37 bits per heavy atom. The molecule has 0 aliphatic heterocycles. The van der Waals surface area contributed by atoms with Crippen LogP contribution in [0.2, 0.25) is 0 Å². The fourth-order valence-corrected chi connectivity index (χ4v) is 3.06. The molecule has 0 aliphatic rings. The second-order valence-electron chi connectivity index (χ2n) is 4.31. The third kappa shape index (κ3) is 1.48. The monoisotopic (exact) mass is 269 g/mol. The van der Waals surface area contributed by atoms with E-state index in [-0.39, 0.29) is 0 Å². The minimum absolute atomic E-state index is 0.861. The van der Waals surface area contributed by atoms with Crippen LogP contribution in [0, 0.1) is 0 Å². The molecule has 0 bridgehead atoms. The molecule has 19 heavy (non-hydrogen) atoms. The molecule has 1 N–H and O–H groups in total. The number of hydrogen-bond acceptors (Lipinski definition) is 3. The lowest BCUT2D eigenvalue weighted by molar-refractivity contribution is 0.415. The summed E-state index contributed by atoms with van der Waals surface area (Å²) in [6.07, 6.45) is 5.97. The Bertz CT molecular complexity index is 871. The van der Waals surface area contributed by atoms with Crippen molar-refractivity contribution in [3.63, 3.8) is 0 Å². The molecule has 0 atom stereocenters. The molecule has 0 fully saturated rings. The standard InChI is InChI=1S/C14H11N3OS/c1-18-9-2-3-12-10(6-9)11(7-15-12)13-8-16-14-17(13)4-5-19-14/h2-8,15H,1H3. The van der Waals surface area contributed by atoms with Gasteiger partial charge in [0.05, 0.1) is 19.0 Å². The first-order valence-electron chi connectivity index (χ1n) is 5.93. The van der Waals surface area contributed by atoms with Crippen molar-refractivity contribution < 1.29 is 4.74 Å². The fourth-order valence-electron chi connectivity index (χ4n) is 2.37. The molecule has 0 radical (unpaired) electrons. The smallest absolute Gasteiger partial charge is 0.194 e. The second-order valence-corrected chi connectivity index (χ2v) is 5.19. The van der Waals surface area contributed by atoms with Gasteiger partial charge >= 0.3 is 0 Å². The number of imidazole rings is 1. The predicted molar refractivity (Wildman–Crippen MR) is 76.9 cm³/mol. The summed E-state index contributed by atoms with van der Waals surface area (Å²) in [4.78, 5) is 8.72. The van der Waals surface area contributed by atoms with Gasteiger partial charge in [0.2, 0.25) is 0 Å². The number of hydrogen-bond donors (Lipinski definition) is 1. The summed E-state index contributed by atoms with van der Waals surface area (Å²) in [5, 5.41) is 3.19. The van der Waals surface area contributed by atoms with Gasteiger partial charge in [0, 0.05) is 34.2 Å². The molecule has 0 aliphatic carbocycles. The zero-order valence-corrected chi connectivity index (χ0v) is 11.1. The van der Waals surface area contributed by atoms with Crippen LogP contribution in [-0.4, -0.2) is 21.5 Å². The lowest BCUT2D eigenvalue weighted by Crippen LogP contribution is -1.84. The number of H-pyrrole nitrogens is 1. The van der Waals surface area contributed by atoms with Crippen molar-refractivity contribution in [2.24, 2.45) is 0 Å². The Labute approximate surface area is 113 Å². The summed E-state index contributed by atoms with van der Waals surface area (Å²) < 4.78 is 7.41. The van der Waals surface area contributed by atoms with Gasteiger partial charge in [0.25, 0.3) is 0 Å². The van der Waals surface area contributed by atoms with Crippen molar-refractivity contribution in [1.82, 2.24) is 14.4 Å². The molecule has 3 heterocycles. The largest absolute Gasteiger partial charge is 0.497 e. The molecule has 0 spiro atoms. The SMILES string of the molecule is COc1ccc2[nH]cc(-c3cnc4sccn34)c2c1. The first-order chi connectivity index (χ1) is 9.36. The van der Waals surface area contributed by atoms with Crippen molar-refractivity contribution >= 4 is 27.2 Å². The van der Waals surface area contributed by atoms with Crippen LogP contribution in [0.25, 0.3) is 27.1 Å². The maximum Gasteiger partial charge on any atom is 0.194 e. The van der Waals surface area contributed by atoms with Crippen molar-refractivity contribution in [2.75, 3.05) is 7.11 Å². The normalized spacial score (nSPS) is 11.4. The third-order valence-electron chi connectivity index (χ3n) is 3.31. The predicted octanol–water partition coefficient (Wildman–Crippen LogP) is 3.55. The van der Waals surface area contributed by atoms with Crippen LogP contribution < -0.4 is 4.74 Å². The molecule has 0 unspecified atom stereocenters. The van der Waals surface area contributed by atoms with E-state index in [1.165, 1.54) is 0 Å². The van der Waals surface area contributed by atoms with Crippen molar-refractivity contribution in [3.05, 3.63) is 42.2 Å². The zero-order valence-electron chi connectivity index (χ0n) is 10.3. The van der Waals surface area contributed by atoms with E-state index in [9.17, 15) is 0 Å². The summed E-state index contributed by atoms with van der Waals surface area (Å²) >= 11 is 1.64. The molecule has 0 saturated heterocycles. The molecule has 0 amide bonds. The number of nitrogens with one attached hydrogen (secondary N) is 1. The Morgan fingerprint density at radius 2 is 2.32 bits per heavy atom. The number of rotatable bonds is 2. The number of aromatic nitrogens is 3. The second kappa shape index (κ2) is 3.86. The molecule has 4 nitrogen and oxygen atoms in total. The van der Waals surface area contributed by atoms with Gasteiger partial charge in [0.15, 0.2) is 4.96 Å². The lowest BCUT2D eigenvalue weighted by Gasteiger charge is -2.01. The zero-order chi connectivity index (χ0) is 12.8. The fraction of sp³-hybridized carbons (Fsp3) is 0.0714. The van der Waals surface area contributed by atoms with Gasteiger partial charge in [-0.25, -0.2) is 4.98 Å². The third-order valence-corrected chi connectivity index (χ3v) is 4.08. The van der Waals surface area contributed by atoms with E-state index >= 15 is 0 Å². The molecule has 94 valence electrons. The summed E-state index contributed by atoms with van der Waals surface area (Å²) in [7, 11) is 1.68. The Morgan fingerprint density at radius 3 is 3.21 bits per heavy atom. The van der Waals surface area contributed by atoms with Gasteiger partial charge in [-0.2, -0.15) is 0 Å². The molecule has 0 saturated carbocycles. The van der Waals surface area contributed by atoms with E-state index in [4.69, 9.17) is 4.74 Å². The summed E-state index contributed by atoms with van der Waals surface area (Å²) in [5.41, 5.74) is 3.33. The van der Waals surface area contributed by atoms with Crippen LogP contribution in [0.1, 0.15) is 0 Å². The van der Waals surface area contributed by atoms with E-state index in [2.05, 4.69) is 14.4 Å². The highest BCUT2D eigenvalue weighted by Crippen LogP contribution is 2.32. The van der Waals surface area contributed by atoms with E-state index in [0.717, 1.165) is 32.9 Å². The number of nitrogens with zero attached hydrogens (tertiary/aromatic N) is 2. The minimum atomic E-state index is 0.861. The average Bonchev–Trinajstić information content (AvgIpc) is 3.12.